The van der Waals surface area contributed by atoms with Crippen LogP contribution in [0.4, 0.5) is 0 Å². The van der Waals surface area contributed by atoms with Crippen LogP contribution in [0, 0.1) is 7.27 Å². The third-order valence-electron chi connectivity index (χ3n) is 1.40. The SMILES string of the molecule is Ic1ccn2nc(I)cc2c1. The van der Waals surface area contributed by atoms with Gasteiger partial charge in [-0.25, -0.2) is 4.52 Å². The first-order valence-corrected chi connectivity index (χ1v) is 5.22. The summed E-state index contributed by atoms with van der Waals surface area (Å²) in [6, 6.07) is 6.20. The van der Waals surface area contributed by atoms with Crippen molar-refractivity contribution in [3.8, 4) is 0 Å². The van der Waals surface area contributed by atoms with Crippen molar-refractivity contribution in [3.63, 3.8) is 0 Å². The van der Waals surface area contributed by atoms with E-state index in [2.05, 4.69) is 62.4 Å². The zero-order valence-electron chi connectivity index (χ0n) is 5.46. The maximum atomic E-state index is 4.25. The van der Waals surface area contributed by atoms with Gasteiger partial charge in [0.15, 0.2) is 0 Å². The average molecular weight is 370 g/mol. The Morgan fingerprint density at radius 1 is 1.27 bits per heavy atom. The molecule has 0 spiro atoms. The van der Waals surface area contributed by atoms with Crippen LogP contribution in [0.25, 0.3) is 5.52 Å². The normalized spacial score (nSPS) is 10.7. The Morgan fingerprint density at radius 3 is 2.91 bits per heavy atom. The molecular weight excluding hydrogens is 366 g/mol. The molecule has 0 unspecified atom stereocenters. The summed E-state index contributed by atoms with van der Waals surface area (Å²) in [5.41, 5.74) is 1.15. The Labute approximate surface area is 91.3 Å². The van der Waals surface area contributed by atoms with Crippen LogP contribution in [0.15, 0.2) is 24.4 Å². The Hall–Kier alpha value is 0.150. The maximum absolute atomic E-state index is 4.25. The first-order valence-electron chi connectivity index (χ1n) is 3.06. The van der Waals surface area contributed by atoms with Gasteiger partial charge in [-0.15, -0.1) is 0 Å². The lowest BCUT2D eigenvalue weighted by atomic mass is 10.4. The molecule has 11 heavy (non-hydrogen) atoms. The topological polar surface area (TPSA) is 17.3 Å². The van der Waals surface area contributed by atoms with Gasteiger partial charge in [-0.2, -0.15) is 5.10 Å². The van der Waals surface area contributed by atoms with Crippen molar-refractivity contribution in [1.29, 1.82) is 0 Å². The highest BCUT2D eigenvalue weighted by molar-refractivity contribution is 14.1. The second-order valence-corrected chi connectivity index (χ2v) is 4.53. The first kappa shape index (κ1) is 7.78. The first-order chi connectivity index (χ1) is 5.25. The summed E-state index contributed by atoms with van der Waals surface area (Å²) >= 11 is 4.50. The lowest BCUT2D eigenvalue weighted by Gasteiger charge is -1.91. The average Bonchev–Trinajstić information content (AvgIpc) is 2.27. The van der Waals surface area contributed by atoms with Crippen LogP contribution >= 0.6 is 45.2 Å². The van der Waals surface area contributed by atoms with E-state index in [1.54, 1.807) is 0 Å². The summed E-state index contributed by atoms with van der Waals surface area (Å²) in [4.78, 5) is 0. The Balaban J connectivity index is 2.82. The molecule has 2 aromatic heterocycles. The molecule has 0 N–H and O–H groups in total. The summed E-state index contributed by atoms with van der Waals surface area (Å²) in [7, 11) is 0. The lowest BCUT2D eigenvalue weighted by molar-refractivity contribution is 0.944. The standard InChI is InChI=1S/C7H4I2N2/c8-5-1-2-11-6(3-5)4-7(9)10-11/h1-4H. The van der Waals surface area contributed by atoms with Crippen molar-refractivity contribution in [2.24, 2.45) is 0 Å². The fourth-order valence-electron chi connectivity index (χ4n) is 0.936. The summed E-state index contributed by atoms with van der Waals surface area (Å²) < 4.78 is 4.15. The van der Waals surface area contributed by atoms with Gasteiger partial charge in [0.2, 0.25) is 0 Å². The molecule has 2 nitrogen and oxygen atoms in total. The molecule has 0 aliphatic rings. The van der Waals surface area contributed by atoms with Crippen LogP contribution in [0.3, 0.4) is 0 Å². The van der Waals surface area contributed by atoms with Crippen molar-refractivity contribution in [2.45, 2.75) is 0 Å². The van der Waals surface area contributed by atoms with Gasteiger partial charge in [0.05, 0.1) is 5.52 Å². The summed E-state index contributed by atoms with van der Waals surface area (Å²) in [5, 5.41) is 4.25. The quantitative estimate of drug-likeness (QED) is 0.652. The molecule has 0 aromatic carbocycles. The Bertz CT molecular complexity index is 394. The number of aromatic nitrogens is 2. The molecule has 0 amide bonds. The molecule has 0 aliphatic heterocycles. The van der Waals surface area contributed by atoms with Crippen molar-refractivity contribution >= 4 is 50.7 Å². The van der Waals surface area contributed by atoms with Gasteiger partial charge >= 0.3 is 0 Å². The van der Waals surface area contributed by atoms with Crippen molar-refractivity contribution < 1.29 is 0 Å². The molecule has 0 saturated carbocycles. The molecule has 2 aromatic rings. The van der Waals surface area contributed by atoms with Gasteiger partial charge in [0.25, 0.3) is 0 Å². The lowest BCUT2D eigenvalue weighted by Crippen LogP contribution is -1.85. The highest BCUT2D eigenvalue weighted by Gasteiger charge is 1.96. The zero-order valence-corrected chi connectivity index (χ0v) is 9.77. The van der Waals surface area contributed by atoms with E-state index >= 15 is 0 Å². The smallest absolute Gasteiger partial charge is 0.124 e. The number of fused-ring (bicyclic) bond motifs is 1. The van der Waals surface area contributed by atoms with Crippen molar-refractivity contribution in [2.75, 3.05) is 0 Å². The number of hydrogen-bond acceptors (Lipinski definition) is 1. The van der Waals surface area contributed by atoms with E-state index in [0.717, 1.165) is 9.22 Å². The summed E-state index contributed by atoms with van der Waals surface area (Å²) in [6.07, 6.45) is 1.97. The minimum absolute atomic E-state index is 1.03. The van der Waals surface area contributed by atoms with Gasteiger partial charge in [-0.3, -0.25) is 0 Å². The highest BCUT2D eigenvalue weighted by Crippen LogP contribution is 2.11. The van der Waals surface area contributed by atoms with Crippen LogP contribution in [-0.4, -0.2) is 9.61 Å². The monoisotopic (exact) mass is 370 g/mol. The van der Waals surface area contributed by atoms with Gasteiger partial charge < -0.3 is 0 Å². The molecule has 0 saturated heterocycles. The molecular formula is C7H4I2N2. The molecule has 0 aliphatic carbocycles. The molecule has 0 atom stereocenters. The van der Waals surface area contributed by atoms with Gasteiger partial charge in [0, 0.05) is 9.77 Å². The fourth-order valence-corrected chi connectivity index (χ4v) is 1.97. The van der Waals surface area contributed by atoms with Gasteiger partial charge in [0.1, 0.15) is 3.70 Å². The molecule has 2 heterocycles. The molecule has 0 radical (unpaired) electrons. The van der Waals surface area contributed by atoms with Crippen molar-refractivity contribution in [1.82, 2.24) is 9.61 Å². The Kier molecular flexibility index (Phi) is 2.04. The van der Waals surface area contributed by atoms with E-state index in [4.69, 9.17) is 0 Å². The number of pyridine rings is 1. The fraction of sp³-hybridized carbons (Fsp3) is 0. The van der Waals surface area contributed by atoms with E-state index < -0.39 is 0 Å². The maximum Gasteiger partial charge on any atom is 0.124 e. The van der Waals surface area contributed by atoms with Crippen LogP contribution in [0.2, 0.25) is 0 Å². The number of halogens is 2. The number of hydrogen-bond donors (Lipinski definition) is 0. The third kappa shape index (κ3) is 1.51. The number of rotatable bonds is 0. The van der Waals surface area contributed by atoms with E-state index in [1.807, 2.05) is 16.8 Å². The zero-order chi connectivity index (χ0) is 7.84. The molecule has 0 bridgehead atoms. The van der Waals surface area contributed by atoms with Gasteiger partial charge in [-0.1, -0.05) is 0 Å². The Morgan fingerprint density at radius 2 is 2.09 bits per heavy atom. The van der Waals surface area contributed by atoms with E-state index in [1.165, 1.54) is 3.57 Å². The van der Waals surface area contributed by atoms with Crippen LogP contribution in [0.1, 0.15) is 0 Å². The second-order valence-electron chi connectivity index (χ2n) is 2.18. The third-order valence-corrected chi connectivity index (χ3v) is 2.59. The minimum atomic E-state index is 1.03. The minimum Gasteiger partial charge on any atom is -0.240 e. The second kappa shape index (κ2) is 2.89. The van der Waals surface area contributed by atoms with Crippen LogP contribution in [0.5, 0.6) is 0 Å². The highest BCUT2D eigenvalue weighted by atomic mass is 127. The van der Waals surface area contributed by atoms with E-state index in [9.17, 15) is 0 Å². The predicted molar refractivity (Wildman–Crippen MR) is 60.6 cm³/mol. The summed E-state index contributed by atoms with van der Waals surface area (Å²) in [6.45, 7) is 0. The molecule has 0 fully saturated rings. The predicted octanol–water partition coefficient (Wildman–Crippen LogP) is 2.54. The van der Waals surface area contributed by atoms with E-state index in [0.29, 0.717) is 0 Å². The van der Waals surface area contributed by atoms with Crippen LogP contribution < -0.4 is 0 Å². The van der Waals surface area contributed by atoms with E-state index in [-0.39, 0.29) is 0 Å². The molecule has 4 heteroatoms. The summed E-state index contributed by atoms with van der Waals surface area (Å²) in [5.74, 6) is 0. The largest absolute Gasteiger partial charge is 0.240 e. The van der Waals surface area contributed by atoms with Crippen LogP contribution in [-0.2, 0) is 0 Å². The van der Waals surface area contributed by atoms with Gasteiger partial charge in [-0.05, 0) is 63.4 Å². The molecule has 2 rings (SSSR count). The van der Waals surface area contributed by atoms with Crippen molar-refractivity contribution in [3.05, 3.63) is 31.7 Å². The number of nitrogens with zero attached hydrogens (tertiary/aromatic N) is 2. The molecule has 56 valence electrons.